The van der Waals surface area contributed by atoms with Crippen molar-refractivity contribution < 1.29 is 9.53 Å². The molecule has 31 heavy (non-hydrogen) atoms. The van der Waals surface area contributed by atoms with Crippen molar-refractivity contribution in [1.29, 1.82) is 0 Å². The van der Waals surface area contributed by atoms with Gasteiger partial charge >= 0.3 is 6.09 Å². The largest absolute Gasteiger partial charge is 0.450 e. The molecule has 0 saturated carbocycles. The third-order valence-electron chi connectivity index (χ3n) is 5.57. The zero-order chi connectivity index (χ0) is 21.8. The summed E-state index contributed by atoms with van der Waals surface area (Å²) in [5.41, 5.74) is 3.45. The van der Waals surface area contributed by atoms with E-state index >= 15 is 0 Å². The maximum Gasteiger partial charge on any atom is 0.409 e. The van der Waals surface area contributed by atoms with Gasteiger partial charge < -0.3 is 24.8 Å². The monoisotopic (exact) mass is 485 g/mol. The number of halogens is 1. The number of hydrogen-bond acceptors (Lipinski definition) is 5. The standard InChI is InChI=1S/C23H28BrN5O2/c1-3-29-20(12-16-11-17(24)5-7-21(16)29)14-25-18-6-8-22(26-13-18)27-19-9-10-28(15-19)23(30)31-4-2/h5-8,11-13,19,25H,3-4,9-10,14-15H2,1-2H3,(H,26,27)/t19-/m0/s1. The van der Waals surface area contributed by atoms with Crippen molar-refractivity contribution in [2.75, 3.05) is 30.3 Å². The number of anilines is 2. The molecule has 8 heteroatoms. The van der Waals surface area contributed by atoms with Gasteiger partial charge in [-0.2, -0.15) is 0 Å². The number of rotatable bonds is 7. The summed E-state index contributed by atoms with van der Waals surface area (Å²) in [6, 6.07) is 12.8. The van der Waals surface area contributed by atoms with Gasteiger partial charge in [0.15, 0.2) is 0 Å². The number of nitrogens with one attached hydrogen (secondary N) is 2. The van der Waals surface area contributed by atoms with Crippen molar-refractivity contribution in [3.8, 4) is 0 Å². The van der Waals surface area contributed by atoms with E-state index in [1.54, 1.807) is 4.90 Å². The van der Waals surface area contributed by atoms with Crippen LogP contribution in [-0.4, -0.2) is 46.3 Å². The summed E-state index contributed by atoms with van der Waals surface area (Å²) in [6.07, 6.45) is 2.49. The Balaban J connectivity index is 1.34. The van der Waals surface area contributed by atoms with Crippen LogP contribution in [0.25, 0.3) is 10.9 Å². The molecule has 1 aliphatic heterocycles. The van der Waals surface area contributed by atoms with Gasteiger partial charge in [-0.3, -0.25) is 0 Å². The second-order valence-electron chi connectivity index (χ2n) is 7.64. The lowest BCUT2D eigenvalue weighted by Gasteiger charge is -2.17. The first kappa shape index (κ1) is 21.5. The number of aryl methyl sites for hydroxylation is 1. The van der Waals surface area contributed by atoms with Gasteiger partial charge in [-0.05, 0) is 56.7 Å². The highest BCUT2D eigenvalue weighted by Crippen LogP contribution is 2.25. The Bertz CT molecular complexity index is 1050. The average molecular weight is 486 g/mol. The molecule has 164 valence electrons. The fourth-order valence-electron chi connectivity index (χ4n) is 4.06. The number of benzene rings is 1. The summed E-state index contributed by atoms with van der Waals surface area (Å²) in [7, 11) is 0. The highest BCUT2D eigenvalue weighted by molar-refractivity contribution is 9.10. The van der Waals surface area contributed by atoms with E-state index in [9.17, 15) is 4.79 Å². The number of nitrogens with zero attached hydrogens (tertiary/aromatic N) is 3. The van der Waals surface area contributed by atoms with E-state index < -0.39 is 0 Å². The maximum atomic E-state index is 11.8. The van der Waals surface area contributed by atoms with Crippen LogP contribution in [0.5, 0.6) is 0 Å². The van der Waals surface area contributed by atoms with Crippen LogP contribution in [0.1, 0.15) is 26.0 Å². The number of aromatic nitrogens is 2. The number of amides is 1. The minimum Gasteiger partial charge on any atom is -0.450 e. The van der Waals surface area contributed by atoms with Crippen LogP contribution in [0.15, 0.2) is 47.1 Å². The van der Waals surface area contributed by atoms with E-state index in [2.05, 4.69) is 67.3 Å². The van der Waals surface area contributed by atoms with E-state index in [1.165, 1.54) is 16.6 Å². The van der Waals surface area contributed by atoms with Crippen molar-refractivity contribution in [2.45, 2.75) is 39.4 Å². The average Bonchev–Trinajstić information content (AvgIpc) is 3.37. The Morgan fingerprint density at radius 2 is 2.13 bits per heavy atom. The second kappa shape index (κ2) is 9.60. The van der Waals surface area contributed by atoms with Crippen molar-refractivity contribution >= 4 is 44.4 Å². The molecule has 1 amide bonds. The SMILES string of the molecule is CCOC(=O)N1CC[C@H](Nc2ccc(NCc3cc4cc(Br)ccc4n3CC)cn2)C1. The smallest absolute Gasteiger partial charge is 0.409 e. The highest BCUT2D eigenvalue weighted by atomic mass is 79.9. The molecule has 1 fully saturated rings. The predicted molar refractivity (Wildman–Crippen MR) is 127 cm³/mol. The molecule has 1 atom stereocenters. The number of carbonyl (C=O) groups excluding carboxylic acids is 1. The van der Waals surface area contributed by atoms with Gasteiger partial charge in [-0.1, -0.05) is 15.9 Å². The van der Waals surface area contributed by atoms with Gasteiger partial charge in [0.1, 0.15) is 5.82 Å². The van der Waals surface area contributed by atoms with Crippen molar-refractivity contribution in [3.05, 3.63) is 52.8 Å². The molecule has 3 aromatic rings. The number of hydrogen-bond donors (Lipinski definition) is 2. The molecule has 0 bridgehead atoms. The molecule has 3 heterocycles. The van der Waals surface area contributed by atoms with Crippen LogP contribution < -0.4 is 10.6 Å². The van der Waals surface area contributed by atoms with Crippen LogP contribution in [-0.2, 0) is 17.8 Å². The van der Waals surface area contributed by atoms with Crippen LogP contribution in [0.2, 0.25) is 0 Å². The molecule has 0 aliphatic carbocycles. The van der Waals surface area contributed by atoms with Gasteiger partial charge in [-0.15, -0.1) is 0 Å². The molecule has 1 aliphatic rings. The molecule has 0 radical (unpaired) electrons. The van der Waals surface area contributed by atoms with Gasteiger partial charge in [-0.25, -0.2) is 9.78 Å². The minimum absolute atomic E-state index is 0.190. The van der Waals surface area contributed by atoms with E-state index in [0.29, 0.717) is 19.7 Å². The topological polar surface area (TPSA) is 71.4 Å². The molecule has 0 spiro atoms. The lowest BCUT2D eigenvalue weighted by atomic mass is 10.2. The normalized spacial score (nSPS) is 16.0. The van der Waals surface area contributed by atoms with Gasteiger partial charge in [0.2, 0.25) is 0 Å². The fraction of sp³-hybridized carbons (Fsp3) is 0.391. The van der Waals surface area contributed by atoms with E-state index in [1.807, 2.05) is 25.3 Å². The number of likely N-dealkylation sites (tertiary alicyclic amines) is 1. The Kier molecular flexibility index (Phi) is 6.65. The second-order valence-corrected chi connectivity index (χ2v) is 8.56. The number of pyridine rings is 1. The number of fused-ring (bicyclic) bond motifs is 1. The summed E-state index contributed by atoms with van der Waals surface area (Å²) in [6.45, 7) is 7.39. The molecule has 2 N–H and O–H groups in total. The summed E-state index contributed by atoms with van der Waals surface area (Å²) < 4.78 is 8.49. The predicted octanol–water partition coefficient (Wildman–Crippen LogP) is 5.07. The summed E-state index contributed by atoms with van der Waals surface area (Å²) in [4.78, 5) is 18.1. The third kappa shape index (κ3) is 4.95. The first-order valence-corrected chi connectivity index (χ1v) is 11.5. The lowest BCUT2D eigenvalue weighted by molar-refractivity contribution is 0.115. The van der Waals surface area contributed by atoms with Crippen molar-refractivity contribution in [1.82, 2.24) is 14.5 Å². The lowest BCUT2D eigenvalue weighted by Crippen LogP contribution is -2.32. The van der Waals surface area contributed by atoms with Crippen molar-refractivity contribution in [3.63, 3.8) is 0 Å². The summed E-state index contributed by atoms with van der Waals surface area (Å²) in [5.74, 6) is 0.814. The Hall–Kier alpha value is -2.74. The first-order chi connectivity index (χ1) is 15.1. The quantitative estimate of drug-likeness (QED) is 0.488. The van der Waals surface area contributed by atoms with E-state index in [0.717, 1.165) is 35.5 Å². The molecular weight excluding hydrogens is 458 g/mol. The Morgan fingerprint density at radius 1 is 1.26 bits per heavy atom. The van der Waals surface area contributed by atoms with Crippen LogP contribution >= 0.6 is 15.9 Å². The van der Waals surface area contributed by atoms with Crippen molar-refractivity contribution in [2.24, 2.45) is 0 Å². The summed E-state index contributed by atoms with van der Waals surface area (Å²) in [5, 5.41) is 8.12. The molecule has 2 aromatic heterocycles. The van der Waals surface area contributed by atoms with Gasteiger partial charge in [0, 0.05) is 46.7 Å². The molecule has 1 aromatic carbocycles. The minimum atomic E-state index is -0.240. The molecule has 1 saturated heterocycles. The van der Waals surface area contributed by atoms with Crippen LogP contribution in [0.4, 0.5) is 16.3 Å². The van der Waals surface area contributed by atoms with E-state index in [4.69, 9.17) is 4.74 Å². The summed E-state index contributed by atoms with van der Waals surface area (Å²) >= 11 is 3.55. The molecule has 0 unspecified atom stereocenters. The molecule has 4 rings (SSSR count). The third-order valence-corrected chi connectivity index (χ3v) is 6.06. The zero-order valence-corrected chi connectivity index (χ0v) is 19.5. The zero-order valence-electron chi connectivity index (χ0n) is 17.9. The molecule has 7 nitrogen and oxygen atoms in total. The maximum absolute atomic E-state index is 11.8. The fourth-order valence-corrected chi connectivity index (χ4v) is 4.44. The highest BCUT2D eigenvalue weighted by Gasteiger charge is 2.27. The van der Waals surface area contributed by atoms with E-state index in [-0.39, 0.29) is 12.1 Å². The van der Waals surface area contributed by atoms with Crippen LogP contribution in [0, 0.1) is 0 Å². The van der Waals surface area contributed by atoms with Gasteiger partial charge in [0.05, 0.1) is 25.0 Å². The Morgan fingerprint density at radius 3 is 2.87 bits per heavy atom. The molecular formula is C23H28BrN5O2. The van der Waals surface area contributed by atoms with Crippen LogP contribution in [0.3, 0.4) is 0 Å². The number of carbonyl (C=O) groups is 1. The number of ether oxygens (including phenoxy) is 1. The first-order valence-electron chi connectivity index (χ1n) is 10.7. The van der Waals surface area contributed by atoms with Gasteiger partial charge in [0.25, 0.3) is 0 Å². The Labute approximate surface area is 190 Å².